The normalized spacial score (nSPS) is 6.33. The smallest absolute Gasteiger partial charge is 0.148 e. The van der Waals surface area contributed by atoms with Crippen LogP contribution in [-0.4, -0.2) is 5.78 Å². The standard InChI is InChI=1S/C3H6NO.ClH/c1-3(5)2-4;/h2H,4H2,1H3;1H. The second kappa shape index (κ2) is 4.92. The third-order valence-electron chi connectivity index (χ3n) is 0.235. The van der Waals surface area contributed by atoms with Crippen molar-refractivity contribution in [1.82, 2.24) is 0 Å². The maximum Gasteiger partial charge on any atom is 0.148 e. The molecule has 0 saturated heterocycles. The van der Waals surface area contributed by atoms with Gasteiger partial charge in [0.2, 0.25) is 0 Å². The van der Waals surface area contributed by atoms with Gasteiger partial charge in [-0.05, 0) is 6.92 Å². The highest BCUT2D eigenvalue weighted by Crippen LogP contribution is 1.59. The molecule has 0 bridgehead atoms. The summed E-state index contributed by atoms with van der Waals surface area (Å²) in [6.45, 7) is 2.43. The maximum absolute atomic E-state index is 9.63. The van der Waals surface area contributed by atoms with Crippen LogP contribution in [0.5, 0.6) is 0 Å². The highest BCUT2D eigenvalue weighted by molar-refractivity contribution is 5.85. The average Bonchev–Trinajstić information content (AvgIpc) is 1.38. The predicted molar refractivity (Wildman–Crippen MR) is 26.4 cm³/mol. The first-order chi connectivity index (χ1) is 2.27. The first kappa shape index (κ1) is 9.33. The van der Waals surface area contributed by atoms with E-state index >= 15 is 0 Å². The first-order valence-electron chi connectivity index (χ1n) is 1.33. The summed E-state index contributed by atoms with van der Waals surface area (Å²) in [4.78, 5) is 9.63. The summed E-state index contributed by atoms with van der Waals surface area (Å²) >= 11 is 0. The summed E-state index contributed by atoms with van der Waals surface area (Å²) in [5.74, 6) is -0.0926. The third-order valence-corrected chi connectivity index (χ3v) is 0.235. The van der Waals surface area contributed by atoms with Gasteiger partial charge in [0.1, 0.15) is 5.78 Å². The first-order valence-corrected chi connectivity index (χ1v) is 1.33. The molecular weight excluding hydrogens is 101 g/mol. The van der Waals surface area contributed by atoms with E-state index in [0.717, 1.165) is 6.54 Å². The fraction of sp³-hybridized carbons (Fsp3) is 0.333. The van der Waals surface area contributed by atoms with Crippen molar-refractivity contribution in [3.05, 3.63) is 6.54 Å². The molecule has 0 aliphatic heterocycles. The number of hydrogen-bond acceptors (Lipinski definition) is 2. The zero-order valence-electron chi connectivity index (χ0n) is 3.47. The van der Waals surface area contributed by atoms with Crippen LogP contribution in [0.15, 0.2) is 0 Å². The van der Waals surface area contributed by atoms with E-state index in [2.05, 4.69) is 0 Å². The molecule has 0 spiro atoms. The molecule has 2 nitrogen and oxygen atoms in total. The van der Waals surface area contributed by atoms with Gasteiger partial charge in [-0.25, -0.2) is 0 Å². The number of halogens is 1. The van der Waals surface area contributed by atoms with Gasteiger partial charge in [0, 0.05) is 0 Å². The molecule has 1 radical (unpaired) electrons. The van der Waals surface area contributed by atoms with E-state index in [9.17, 15) is 4.79 Å². The van der Waals surface area contributed by atoms with Gasteiger partial charge in [-0.3, -0.25) is 4.79 Å². The number of carbonyl (C=O) groups is 1. The quantitative estimate of drug-likeness (QED) is 0.519. The van der Waals surface area contributed by atoms with E-state index < -0.39 is 0 Å². The summed E-state index contributed by atoms with van der Waals surface area (Å²) in [5, 5.41) is 0. The van der Waals surface area contributed by atoms with E-state index in [1.807, 2.05) is 0 Å². The van der Waals surface area contributed by atoms with Crippen LogP contribution in [0.3, 0.4) is 0 Å². The lowest BCUT2D eigenvalue weighted by atomic mass is 10.5. The van der Waals surface area contributed by atoms with E-state index in [-0.39, 0.29) is 18.2 Å². The van der Waals surface area contributed by atoms with Crippen LogP contribution in [-0.2, 0) is 4.79 Å². The van der Waals surface area contributed by atoms with Crippen molar-refractivity contribution in [1.29, 1.82) is 0 Å². The minimum atomic E-state index is -0.0926. The second-order valence-corrected chi connectivity index (χ2v) is 0.777. The Morgan fingerprint density at radius 1 is 1.83 bits per heavy atom. The molecule has 0 fully saturated rings. The van der Waals surface area contributed by atoms with Crippen molar-refractivity contribution < 1.29 is 4.79 Å². The molecule has 0 aromatic carbocycles. The van der Waals surface area contributed by atoms with E-state index in [1.54, 1.807) is 0 Å². The van der Waals surface area contributed by atoms with Crippen LogP contribution in [0, 0.1) is 6.54 Å². The van der Waals surface area contributed by atoms with Gasteiger partial charge in [-0.2, -0.15) is 0 Å². The minimum Gasteiger partial charge on any atom is -0.320 e. The van der Waals surface area contributed by atoms with Crippen molar-refractivity contribution in [2.45, 2.75) is 6.92 Å². The van der Waals surface area contributed by atoms with Crippen LogP contribution in [0.25, 0.3) is 0 Å². The third kappa shape index (κ3) is 9.07. The molecule has 0 saturated carbocycles. The maximum atomic E-state index is 9.63. The molecule has 0 aromatic rings. The highest BCUT2D eigenvalue weighted by Gasteiger charge is 1.78. The topological polar surface area (TPSA) is 43.1 Å². The molecule has 0 atom stereocenters. The zero-order valence-corrected chi connectivity index (χ0v) is 4.29. The Bertz CT molecular complexity index is 46.1. The number of rotatable bonds is 1. The lowest BCUT2D eigenvalue weighted by Crippen LogP contribution is -1.99. The fourth-order valence-corrected chi connectivity index (χ4v) is 0. The van der Waals surface area contributed by atoms with Gasteiger partial charge in [-0.15, -0.1) is 12.4 Å². The van der Waals surface area contributed by atoms with Crippen LogP contribution in [0.1, 0.15) is 6.92 Å². The predicted octanol–water partition coefficient (Wildman–Crippen LogP) is 0.118. The number of Topliss-reactive ketones (excluding diaryl/α,β-unsaturated/α-hetero) is 1. The molecule has 37 valence electrons. The molecule has 0 aromatic heterocycles. The lowest BCUT2D eigenvalue weighted by molar-refractivity contribution is -0.114. The summed E-state index contributed by atoms with van der Waals surface area (Å²) in [7, 11) is 0. The lowest BCUT2D eigenvalue weighted by Gasteiger charge is -1.71. The van der Waals surface area contributed by atoms with Gasteiger partial charge < -0.3 is 5.73 Å². The average molecular weight is 109 g/mol. The van der Waals surface area contributed by atoms with E-state index in [1.165, 1.54) is 6.92 Å². The Kier molecular flexibility index (Phi) is 7.65. The van der Waals surface area contributed by atoms with Crippen molar-refractivity contribution in [2.24, 2.45) is 5.73 Å². The molecule has 0 unspecified atom stereocenters. The van der Waals surface area contributed by atoms with E-state index in [4.69, 9.17) is 5.73 Å². The zero-order chi connectivity index (χ0) is 4.28. The molecule has 0 rings (SSSR count). The van der Waals surface area contributed by atoms with Crippen molar-refractivity contribution in [2.75, 3.05) is 0 Å². The van der Waals surface area contributed by atoms with Crippen LogP contribution >= 0.6 is 12.4 Å². The van der Waals surface area contributed by atoms with Gasteiger partial charge in [-0.1, -0.05) is 0 Å². The number of ketones is 1. The second-order valence-electron chi connectivity index (χ2n) is 0.777. The van der Waals surface area contributed by atoms with Crippen LogP contribution in [0.2, 0.25) is 0 Å². The van der Waals surface area contributed by atoms with Crippen molar-refractivity contribution >= 4 is 18.2 Å². The molecule has 0 aliphatic carbocycles. The fourth-order valence-electron chi connectivity index (χ4n) is 0. The monoisotopic (exact) mass is 108 g/mol. The number of carbonyl (C=O) groups excluding carboxylic acids is 1. The van der Waals surface area contributed by atoms with Gasteiger partial charge >= 0.3 is 0 Å². The number of hydrogen-bond donors (Lipinski definition) is 1. The van der Waals surface area contributed by atoms with Crippen LogP contribution in [0.4, 0.5) is 0 Å². The van der Waals surface area contributed by atoms with E-state index in [0.29, 0.717) is 0 Å². The Hall–Kier alpha value is -0.0800. The molecule has 6 heavy (non-hydrogen) atoms. The summed E-state index contributed by atoms with van der Waals surface area (Å²) in [6.07, 6.45) is 0. The van der Waals surface area contributed by atoms with Gasteiger partial charge in [0.25, 0.3) is 0 Å². The summed E-state index contributed by atoms with van der Waals surface area (Å²) in [6, 6.07) is 0. The Balaban J connectivity index is 0. The number of nitrogens with two attached hydrogens (primary N) is 1. The summed E-state index contributed by atoms with van der Waals surface area (Å²) in [5.41, 5.74) is 4.70. The molecule has 0 heterocycles. The Morgan fingerprint density at radius 3 is 2.00 bits per heavy atom. The minimum absolute atomic E-state index is 0. The highest BCUT2D eigenvalue weighted by atomic mass is 35.5. The SMILES string of the molecule is CC(=O)[CH]N.Cl. The van der Waals surface area contributed by atoms with Crippen LogP contribution < -0.4 is 5.73 Å². The molecule has 2 N–H and O–H groups in total. The van der Waals surface area contributed by atoms with Gasteiger partial charge in [0.15, 0.2) is 0 Å². The largest absolute Gasteiger partial charge is 0.320 e. The molecule has 0 aliphatic rings. The molecule has 3 heteroatoms. The summed E-state index contributed by atoms with van der Waals surface area (Å²) < 4.78 is 0. The molecule has 0 amide bonds. The molecular formula is C3H7ClNO. The van der Waals surface area contributed by atoms with Gasteiger partial charge in [0.05, 0.1) is 6.54 Å². The Morgan fingerprint density at radius 2 is 2.00 bits per heavy atom. The van der Waals surface area contributed by atoms with Crippen molar-refractivity contribution in [3.63, 3.8) is 0 Å². The Labute approximate surface area is 43.1 Å². The van der Waals surface area contributed by atoms with Crippen molar-refractivity contribution in [3.8, 4) is 0 Å².